The minimum atomic E-state index is -1.17. The van der Waals surface area contributed by atoms with Gasteiger partial charge in [0.1, 0.15) is 13.2 Å². The van der Waals surface area contributed by atoms with Crippen molar-refractivity contribution in [1.29, 1.82) is 0 Å². The molecular weight excluding hydrogens is 244 g/mol. The monoisotopic (exact) mass is 260 g/mol. The number of aliphatic carboxylic acids is 1. The van der Waals surface area contributed by atoms with Crippen molar-refractivity contribution in [3.8, 4) is 0 Å². The van der Waals surface area contributed by atoms with E-state index in [-0.39, 0.29) is 6.04 Å². The minimum absolute atomic E-state index is 0.105. The number of nitrogens with zero attached hydrogens (tertiary/aromatic N) is 1. The van der Waals surface area contributed by atoms with Gasteiger partial charge in [-0.1, -0.05) is 0 Å². The van der Waals surface area contributed by atoms with Gasteiger partial charge in [-0.05, 0) is 6.92 Å². The van der Waals surface area contributed by atoms with E-state index in [2.05, 4.69) is 10.1 Å². The van der Waals surface area contributed by atoms with Crippen molar-refractivity contribution < 1.29 is 29.0 Å². The highest BCUT2D eigenvalue weighted by molar-refractivity contribution is 5.95. The maximum Gasteiger partial charge on any atom is 0.329 e. The van der Waals surface area contributed by atoms with Gasteiger partial charge in [0.05, 0.1) is 19.3 Å². The molecule has 1 heterocycles. The van der Waals surface area contributed by atoms with Gasteiger partial charge in [0.15, 0.2) is 0 Å². The lowest BCUT2D eigenvalue weighted by Crippen LogP contribution is -2.53. The predicted octanol–water partition coefficient (Wildman–Crippen LogP) is -0.955. The Morgan fingerprint density at radius 1 is 1.44 bits per heavy atom. The van der Waals surface area contributed by atoms with Gasteiger partial charge in [-0.25, -0.2) is 9.59 Å². The van der Waals surface area contributed by atoms with E-state index >= 15 is 0 Å². The molecule has 8 heteroatoms. The molecule has 0 aromatic carbocycles. The Kier molecular flexibility index (Phi) is 5.53. The highest BCUT2D eigenvalue weighted by atomic mass is 16.5. The zero-order valence-electron chi connectivity index (χ0n) is 10.0. The first-order valence-electron chi connectivity index (χ1n) is 5.48. The second-order valence-corrected chi connectivity index (χ2v) is 3.86. The quantitative estimate of drug-likeness (QED) is 0.674. The average molecular weight is 260 g/mol. The molecule has 2 N–H and O–H groups in total. The van der Waals surface area contributed by atoms with Gasteiger partial charge in [0.25, 0.3) is 5.91 Å². The van der Waals surface area contributed by atoms with Gasteiger partial charge in [0, 0.05) is 6.54 Å². The Morgan fingerprint density at radius 3 is 2.78 bits per heavy atom. The van der Waals surface area contributed by atoms with Crippen LogP contribution in [0.25, 0.3) is 0 Å². The van der Waals surface area contributed by atoms with Crippen LogP contribution in [0.2, 0.25) is 0 Å². The number of hydrogen-bond acceptors (Lipinski definition) is 5. The Morgan fingerprint density at radius 2 is 2.17 bits per heavy atom. The fourth-order valence-electron chi connectivity index (χ4n) is 1.49. The maximum atomic E-state index is 11.7. The van der Waals surface area contributed by atoms with E-state index in [9.17, 15) is 14.4 Å². The third kappa shape index (κ3) is 4.68. The summed E-state index contributed by atoms with van der Waals surface area (Å²) >= 11 is 0. The second-order valence-electron chi connectivity index (χ2n) is 3.86. The fourth-order valence-corrected chi connectivity index (χ4v) is 1.49. The largest absolute Gasteiger partial charge is 0.480 e. The van der Waals surface area contributed by atoms with Crippen LogP contribution in [-0.2, 0) is 19.1 Å². The number of ether oxygens (including phenoxy) is 2. The molecule has 0 aromatic heterocycles. The van der Waals surface area contributed by atoms with Gasteiger partial charge in [-0.15, -0.1) is 0 Å². The van der Waals surface area contributed by atoms with Crippen LogP contribution < -0.4 is 5.32 Å². The number of morpholine rings is 1. The third-order valence-electron chi connectivity index (χ3n) is 2.33. The summed E-state index contributed by atoms with van der Waals surface area (Å²) in [5, 5.41) is 10.4. The topological polar surface area (TPSA) is 105 Å². The standard InChI is InChI=1S/C10H16N2O6/c1-7-4-17-3-2-12(7)10(16)11-8(13)5-18-6-9(14)15/h7H,2-6H2,1H3,(H,14,15)(H,11,13,16). The summed E-state index contributed by atoms with van der Waals surface area (Å²) in [4.78, 5) is 34.6. The number of amides is 3. The lowest BCUT2D eigenvalue weighted by atomic mass is 10.3. The molecule has 3 amide bonds. The maximum absolute atomic E-state index is 11.7. The number of carboxylic acid groups (broad SMARTS) is 1. The number of carboxylic acids is 1. The van der Waals surface area contributed by atoms with Crippen LogP contribution in [0.5, 0.6) is 0 Å². The molecule has 8 nitrogen and oxygen atoms in total. The van der Waals surface area contributed by atoms with Gasteiger partial charge in [-0.2, -0.15) is 0 Å². The van der Waals surface area contributed by atoms with Crippen LogP contribution in [0, 0.1) is 0 Å². The molecule has 0 aliphatic carbocycles. The fraction of sp³-hybridized carbons (Fsp3) is 0.700. The lowest BCUT2D eigenvalue weighted by molar-refractivity contribution is -0.143. The molecule has 0 saturated carbocycles. The Hall–Kier alpha value is -1.67. The van der Waals surface area contributed by atoms with E-state index in [4.69, 9.17) is 9.84 Å². The van der Waals surface area contributed by atoms with E-state index in [0.717, 1.165) is 0 Å². The van der Waals surface area contributed by atoms with E-state index in [1.165, 1.54) is 4.90 Å². The summed E-state index contributed by atoms with van der Waals surface area (Å²) in [5.41, 5.74) is 0. The molecule has 0 spiro atoms. The lowest BCUT2D eigenvalue weighted by Gasteiger charge is -2.32. The van der Waals surface area contributed by atoms with Gasteiger partial charge >= 0.3 is 12.0 Å². The first kappa shape index (κ1) is 14.4. The second kappa shape index (κ2) is 6.92. The molecule has 1 atom stereocenters. The summed E-state index contributed by atoms with van der Waals surface area (Å²) in [5.74, 6) is -1.84. The molecule has 102 valence electrons. The molecule has 18 heavy (non-hydrogen) atoms. The number of hydrogen-bond donors (Lipinski definition) is 2. The van der Waals surface area contributed by atoms with Crippen LogP contribution in [-0.4, -0.2) is 66.9 Å². The molecule has 0 aromatic rings. The number of urea groups is 1. The molecule has 1 rings (SSSR count). The predicted molar refractivity (Wildman–Crippen MR) is 59.0 cm³/mol. The van der Waals surface area contributed by atoms with Crippen LogP contribution in [0.4, 0.5) is 4.79 Å². The van der Waals surface area contributed by atoms with Crippen LogP contribution >= 0.6 is 0 Å². The summed E-state index contributed by atoms with van der Waals surface area (Å²) in [7, 11) is 0. The number of imide groups is 1. The first-order valence-corrected chi connectivity index (χ1v) is 5.48. The SMILES string of the molecule is CC1COCCN1C(=O)NC(=O)COCC(=O)O. The van der Waals surface area contributed by atoms with E-state index in [0.29, 0.717) is 19.8 Å². The highest BCUT2D eigenvalue weighted by Crippen LogP contribution is 2.05. The number of carbonyl (C=O) groups is 3. The van der Waals surface area contributed by atoms with Crippen molar-refractivity contribution in [2.45, 2.75) is 13.0 Å². The third-order valence-corrected chi connectivity index (χ3v) is 2.33. The van der Waals surface area contributed by atoms with Crippen molar-refractivity contribution >= 4 is 17.9 Å². The number of nitrogens with one attached hydrogen (secondary N) is 1. The molecule has 0 radical (unpaired) electrons. The molecule has 1 aliphatic heterocycles. The van der Waals surface area contributed by atoms with Crippen molar-refractivity contribution in [3.63, 3.8) is 0 Å². The Labute approximate surface area is 104 Å². The van der Waals surface area contributed by atoms with Crippen molar-refractivity contribution in [3.05, 3.63) is 0 Å². The molecule has 0 bridgehead atoms. The normalized spacial score (nSPS) is 19.4. The van der Waals surface area contributed by atoms with Gasteiger partial charge in [0.2, 0.25) is 0 Å². The smallest absolute Gasteiger partial charge is 0.329 e. The zero-order valence-corrected chi connectivity index (χ0v) is 10.0. The van der Waals surface area contributed by atoms with Crippen LogP contribution in [0.15, 0.2) is 0 Å². The summed E-state index contributed by atoms with van der Waals surface area (Å²) in [6, 6.07) is -0.624. The Balaban J connectivity index is 2.30. The highest BCUT2D eigenvalue weighted by Gasteiger charge is 2.24. The van der Waals surface area contributed by atoms with Crippen molar-refractivity contribution in [2.75, 3.05) is 33.0 Å². The van der Waals surface area contributed by atoms with Crippen molar-refractivity contribution in [2.24, 2.45) is 0 Å². The average Bonchev–Trinajstić information content (AvgIpc) is 2.28. The number of rotatable bonds is 4. The Bertz CT molecular complexity index is 332. The van der Waals surface area contributed by atoms with E-state index < -0.39 is 31.1 Å². The van der Waals surface area contributed by atoms with Crippen molar-refractivity contribution in [1.82, 2.24) is 10.2 Å². The molecule has 1 saturated heterocycles. The van der Waals surface area contributed by atoms with Gasteiger partial charge in [-0.3, -0.25) is 10.1 Å². The zero-order chi connectivity index (χ0) is 13.5. The molecule has 1 fully saturated rings. The van der Waals surface area contributed by atoms with Crippen LogP contribution in [0.1, 0.15) is 6.92 Å². The van der Waals surface area contributed by atoms with E-state index in [1.54, 1.807) is 0 Å². The molecular formula is C10H16N2O6. The molecule has 1 aliphatic rings. The van der Waals surface area contributed by atoms with Crippen LogP contribution in [0.3, 0.4) is 0 Å². The summed E-state index contributed by atoms with van der Waals surface area (Å²) < 4.78 is 9.73. The van der Waals surface area contributed by atoms with Gasteiger partial charge < -0.3 is 19.5 Å². The number of carbonyl (C=O) groups excluding carboxylic acids is 2. The summed E-state index contributed by atoms with van der Waals surface area (Å²) in [6.07, 6.45) is 0. The first-order chi connectivity index (χ1) is 8.50. The molecule has 1 unspecified atom stereocenters. The summed E-state index contributed by atoms with van der Waals surface area (Å²) in [6.45, 7) is 2.05. The van der Waals surface area contributed by atoms with E-state index in [1.807, 2.05) is 6.92 Å². The minimum Gasteiger partial charge on any atom is -0.480 e.